The Morgan fingerprint density at radius 3 is 2.89 bits per heavy atom. The van der Waals surface area contributed by atoms with E-state index in [4.69, 9.17) is 16.3 Å². The van der Waals surface area contributed by atoms with Gasteiger partial charge in [-0.05, 0) is 25.1 Å². The number of anilines is 1. The molecule has 96 valence electrons. The number of benzene rings is 1. The Morgan fingerprint density at radius 2 is 2.28 bits per heavy atom. The Kier molecular flexibility index (Phi) is 4.04. The van der Waals surface area contributed by atoms with Gasteiger partial charge in [-0.2, -0.15) is 0 Å². The molecular formula is C12H15ClN4O. The van der Waals surface area contributed by atoms with E-state index < -0.39 is 0 Å². The first-order chi connectivity index (χ1) is 8.69. The maximum Gasteiger partial charge on any atom is 0.138 e. The first-order valence-electron chi connectivity index (χ1n) is 5.70. The number of nitrogens with one attached hydrogen (secondary N) is 1. The molecule has 1 aromatic carbocycles. The van der Waals surface area contributed by atoms with Gasteiger partial charge >= 0.3 is 0 Å². The van der Waals surface area contributed by atoms with Crippen LogP contribution in [0.15, 0.2) is 24.4 Å². The van der Waals surface area contributed by atoms with Crippen molar-refractivity contribution in [1.29, 1.82) is 0 Å². The SMILES string of the molecule is CCOc1ccc(NCc2cn(C)nn2)cc1Cl. The van der Waals surface area contributed by atoms with E-state index in [2.05, 4.69) is 15.6 Å². The topological polar surface area (TPSA) is 52.0 Å². The average molecular weight is 267 g/mol. The predicted octanol–water partition coefficient (Wildman–Crippen LogP) is 2.48. The van der Waals surface area contributed by atoms with Crippen LogP contribution in [0.4, 0.5) is 5.69 Å². The molecule has 0 unspecified atom stereocenters. The quantitative estimate of drug-likeness (QED) is 0.903. The van der Waals surface area contributed by atoms with Gasteiger partial charge in [0.05, 0.1) is 18.2 Å². The average Bonchev–Trinajstić information content (AvgIpc) is 2.76. The highest BCUT2D eigenvalue weighted by Gasteiger charge is 2.03. The molecule has 0 spiro atoms. The summed E-state index contributed by atoms with van der Waals surface area (Å²) in [6.07, 6.45) is 1.86. The Bertz CT molecular complexity index is 527. The third-order valence-corrected chi connectivity index (χ3v) is 2.65. The van der Waals surface area contributed by atoms with Gasteiger partial charge in [0.1, 0.15) is 11.4 Å². The lowest BCUT2D eigenvalue weighted by molar-refractivity contribution is 0.340. The van der Waals surface area contributed by atoms with Gasteiger partial charge in [-0.15, -0.1) is 5.10 Å². The lowest BCUT2D eigenvalue weighted by Gasteiger charge is -2.08. The van der Waals surface area contributed by atoms with Crippen molar-refractivity contribution < 1.29 is 4.74 Å². The molecule has 1 aromatic heterocycles. The molecular weight excluding hydrogens is 252 g/mol. The van der Waals surface area contributed by atoms with Gasteiger partial charge < -0.3 is 10.1 Å². The Labute approximate surface area is 111 Å². The predicted molar refractivity (Wildman–Crippen MR) is 71.0 cm³/mol. The van der Waals surface area contributed by atoms with Crippen LogP contribution in [0.2, 0.25) is 5.02 Å². The summed E-state index contributed by atoms with van der Waals surface area (Å²) in [7, 11) is 1.84. The molecule has 2 aromatic rings. The van der Waals surface area contributed by atoms with Crippen LogP contribution < -0.4 is 10.1 Å². The minimum atomic E-state index is 0.598. The van der Waals surface area contributed by atoms with Gasteiger partial charge in [-0.25, -0.2) is 0 Å². The van der Waals surface area contributed by atoms with E-state index in [0.717, 1.165) is 11.4 Å². The minimum Gasteiger partial charge on any atom is -0.492 e. The van der Waals surface area contributed by atoms with Gasteiger partial charge in [0.25, 0.3) is 0 Å². The van der Waals surface area contributed by atoms with Gasteiger partial charge in [0.2, 0.25) is 0 Å². The van der Waals surface area contributed by atoms with Gasteiger partial charge in [0, 0.05) is 18.9 Å². The van der Waals surface area contributed by atoms with Crippen molar-refractivity contribution in [2.75, 3.05) is 11.9 Å². The molecule has 0 bridgehead atoms. The fraction of sp³-hybridized carbons (Fsp3) is 0.333. The zero-order valence-electron chi connectivity index (χ0n) is 10.4. The third-order valence-electron chi connectivity index (χ3n) is 2.36. The largest absolute Gasteiger partial charge is 0.492 e. The highest BCUT2D eigenvalue weighted by atomic mass is 35.5. The molecule has 5 nitrogen and oxygen atoms in total. The molecule has 1 heterocycles. The van der Waals surface area contributed by atoms with Crippen LogP contribution in [-0.4, -0.2) is 21.6 Å². The van der Waals surface area contributed by atoms with E-state index in [1.807, 2.05) is 38.4 Å². The van der Waals surface area contributed by atoms with Gasteiger partial charge in [-0.1, -0.05) is 16.8 Å². The van der Waals surface area contributed by atoms with E-state index in [0.29, 0.717) is 23.9 Å². The fourth-order valence-electron chi connectivity index (χ4n) is 1.55. The first kappa shape index (κ1) is 12.7. The highest BCUT2D eigenvalue weighted by Crippen LogP contribution is 2.27. The molecule has 0 aliphatic carbocycles. The van der Waals surface area contributed by atoms with E-state index >= 15 is 0 Å². The second-order valence-corrected chi connectivity index (χ2v) is 4.22. The summed E-state index contributed by atoms with van der Waals surface area (Å²) in [5.74, 6) is 0.698. The molecule has 0 fully saturated rings. The molecule has 6 heteroatoms. The second-order valence-electron chi connectivity index (χ2n) is 3.82. The maximum absolute atomic E-state index is 6.10. The molecule has 0 aliphatic heterocycles. The highest BCUT2D eigenvalue weighted by molar-refractivity contribution is 6.32. The van der Waals surface area contributed by atoms with Gasteiger partial charge in [-0.3, -0.25) is 4.68 Å². The van der Waals surface area contributed by atoms with Gasteiger partial charge in [0.15, 0.2) is 0 Å². The molecule has 2 rings (SSSR count). The summed E-state index contributed by atoms with van der Waals surface area (Å²) in [4.78, 5) is 0. The van der Waals surface area contributed by atoms with Crippen molar-refractivity contribution in [1.82, 2.24) is 15.0 Å². The van der Waals surface area contributed by atoms with E-state index in [1.165, 1.54) is 0 Å². The summed E-state index contributed by atoms with van der Waals surface area (Å²) in [5, 5.41) is 11.7. The molecule has 1 N–H and O–H groups in total. The molecule has 0 saturated heterocycles. The fourth-order valence-corrected chi connectivity index (χ4v) is 1.79. The number of ether oxygens (including phenoxy) is 1. The Hall–Kier alpha value is -1.75. The van der Waals surface area contributed by atoms with Crippen LogP contribution in [-0.2, 0) is 13.6 Å². The van der Waals surface area contributed by atoms with Crippen molar-refractivity contribution in [2.45, 2.75) is 13.5 Å². The Balaban J connectivity index is 1.99. The second kappa shape index (κ2) is 5.73. The van der Waals surface area contributed by atoms with Crippen molar-refractivity contribution in [3.8, 4) is 5.75 Å². The number of aryl methyl sites for hydroxylation is 1. The van der Waals surface area contributed by atoms with Crippen molar-refractivity contribution in [2.24, 2.45) is 7.05 Å². The summed E-state index contributed by atoms with van der Waals surface area (Å²) in [5.41, 5.74) is 1.80. The molecule has 0 aliphatic rings. The molecule has 18 heavy (non-hydrogen) atoms. The van der Waals surface area contributed by atoms with Crippen molar-refractivity contribution in [3.05, 3.63) is 35.1 Å². The summed E-state index contributed by atoms with van der Waals surface area (Å²) in [6, 6.07) is 5.61. The standard InChI is InChI=1S/C12H15ClN4O/c1-3-18-12-5-4-9(6-11(12)13)14-7-10-8-17(2)16-15-10/h4-6,8,14H,3,7H2,1-2H3. The lowest BCUT2D eigenvalue weighted by Crippen LogP contribution is -2.00. The van der Waals surface area contributed by atoms with Crippen LogP contribution in [0.1, 0.15) is 12.6 Å². The summed E-state index contributed by atoms with van der Waals surface area (Å²) >= 11 is 6.10. The number of nitrogens with zero attached hydrogens (tertiary/aromatic N) is 3. The number of rotatable bonds is 5. The number of aromatic nitrogens is 3. The van der Waals surface area contributed by atoms with Crippen LogP contribution in [0.25, 0.3) is 0 Å². The number of hydrogen-bond donors (Lipinski definition) is 1. The summed E-state index contributed by atoms with van der Waals surface area (Å²) < 4.78 is 7.04. The number of hydrogen-bond acceptors (Lipinski definition) is 4. The third kappa shape index (κ3) is 3.13. The van der Waals surface area contributed by atoms with Crippen molar-refractivity contribution >= 4 is 17.3 Å². The van der Waals surface area contributed by atoms with E-state index in [1.54, 1.807) is 4.68 Å². The maximum atomic E-state index is 6.10. The monoisotopic (exact) mass is 266 g/mol. The molecule has 0 radical (unpaired) electrons. The van der Waals surface area contributed by atoms with Crippen LogP contribution >= 0.6 is 11.6 Å². The van der Waals surface area contributed by atoms with Crippen molar-refractivity contribution in [3.63, 3.8) is 0 Å². The molecule has 0 amide bonds. The van der Waals surface area contributed by atoms with Crippen LogP contribution in [0.3, 0.4) is 0 Å². The zero-order chi connectivity index (χ0) is 13.0. The van der Waals surface area contributed by atoms with Crippen LogP contribution in [0.5, 0.6) is 5.75 Å². The normalized spacial score (nSPS) is 10.4. The van der Waals surface area contributed by atoms with E-state index in [-0.39, 0.29) is 0 Å². The molecule has 0 atom stereocenters. The zero-order valence-corrected chi connectivity index (χ0v) is 11.1. The van der Waals surface area contributed by atoms with Crippen LogP contribution in [0, 0.1) is 0 Å². The Morgan fingerprint density at radius 1 is 1.44 bits per heavy atom. The first-order valence-corrected chi connectivity index (χ1v) is 6.08. The van der Waals surface area contributed by atoms with E-state index in [9.17, 15) is 0 Å². The minimum absolute atomic E-state index is 0.598. The summed E-state index contributed by atoms with van der Waals surface area (Å²) in [6.45, 7) is 3.14. The smallest absolute Gasteiger partial charge is 0.138 e. The number of halogens is 1. The molecule has 0 saturated carbocycles. The lowest BCUT2D eigenvalue weighted by atomic mass is 10.3.